The van der Waals surface area contributed by atoms with Gasteiger partial charge in [0.05, 0.1) is 31.0 Å². The molecule has 1 aromatic heterocycles. The highest BCUT2D eigenvalue weighted by atomic mass is 16.5. The predicted molar refractivity (Wildman–Crippen MR) is 67.8 cm³/mol. The summed E-state index contributed by atoms with van der Waals surface area (Å²) in [6.45, 7) is 6.93. The summed E-state index contributed by atoms with van der Waals surface area (Å²) >= 11 is 0. The van der Waals surface area contributed by atoms with Crippen molar-refractivity contribution >= 4 is 5.91 Å². The van der Waals surface area contributed by atoms with Gasteiger partial charge >= 0.3 is 0 Å². The van der Waals surface area contributed by atoms with Gasteiger partial charge in [0.1, 0.15) is 0 Å². The maximum Gasteiger partial charge on any atom is 0.276 e. The number of morpholine rings is 1. The minimum atomic E-state index is -0.0545. The summed E-state index contributed by atoms with van der Waals surface area (Å²) in [4.78, 5) is 14.3. The van der Waals surface area contributed by atoms with Crippen molar-refractivity contribution in [1.29, 1.82) is 0 Å². The Kier molecular flexibility index (Phi) is 3.24. The number of amides is 1. The smallest absolute Gasteiger partial charge is 0.276 e. The van der Waals surface area contributed by atoms with Crippen molar-refractivity contribution in [3.8, 4) is 0 Å². The number of nitrogens with zero attached hydrogens (tertiary/aromatic N) is 4. The van der Waals surface area contributed by atoms with Gasteiger partial charge in [-0.1, -0.05) is 5.21 Å². The molecule has 0 aliphatic carbocycles. The quantitative estimate of drug-likeness (QED) is 0.793. The molecule has 2 aliphatic heterocycles. The number of ether oxygens (including phenoxy) is 1. The van der Waals surface area contributed by atoms with Crippen LogP contribution in [0.2, 0.25) is 0 Å². The summed E-state index contributed by atoms with van der Waals surface area (Å²) in [7, 11) is 0. The number of hydrogen-bond acceptors (Lipinski definition) is 5. The Morgan fingerprint density at radius 3 is 2.95 bits per heavy atom. The zero-order chi connectivity index (χ0) is 13.4. The summed E-state index contributed by atoms with van der Waals surface area (Å²) in [6.07, 6.45) is 1.83. The molecule has 2 aliphatic rings. The molecule has 2 fully saturated rings. The van der Waals surface area contributed by atoms with Gasteiger partial charge in [-0.3, -0.25) is 4.79 Å². The molecule has 0 bridgehead atoms. The van der Waals surface area contributed by atoms with Crippen molar-refractivity contribution in [3.05, 3.63) is 11.9 Å². The van der Waals surface area contributed by atoms with Crippen LogP contribution in [0, 0.1) is 0 Å². The predicted octanol–water partition coefficient (Wildman–Crippen LogP) is -0.328. The highest BCUT2D eigenvalue weighted by Gasteiger charge is 2.30. The van der Waals surface area contributed by atoms with Gasteiger partial charge < -0.3 is 15.0 Å². The molecule has 1 amide bonds. The van der Waals surface area contributed by atoms with Crippen LogP contribution in [0.4, 0.5) is 0 Å². The molecule has 0 saturated carbocycles. The van der Waals surface area contributed by atoms with E-state index in [0.29, 0.717) is 24.9 Å². The van der Waals surface area contributed by atoms with E-state index in [-0.39, 0.29) is 18.1 Å². The third kappa shape index (κ3) is 2.35. The number of carbonyl (C=O) groups excluding carboxylic acids is 1. The Balaban J connectivity index is 1.73. The highest BCUT2D eigenvalue weighted by Crippen LogP contribution is 2.16. The second-order valence-electron chi connectivity index (χ2n) is 5.35. The highest BCUT2D eigenvalue weighted by molar-refractivity contribution is 5.92. The molecule has 104 valence electrons. The Hall–Kier alpha value is -1.47. The van der Waals surface area contributed by atoms with Crippen molar-refractivity contribution in [2.24, 2.45) is 0 Å². The van der Waals surface area contributed by atoms with Crippen molar-refractivity contribution in [1.82, 2.24) is 25.2 Å². The Morgan fingerprint density at radius 2 is 2.26 bits per heavy atom. The van der Waals surface area contributed by atoms with E-state index < -0.39 is 0 Å². The van der Waals surface area contributed by atoms with Gasteiger partial charge in [0.15, 0.2) is 5.69 Å². The molecular formula is C12H19N5O2. The van der Waals surface area contributed by atoms with Gasteiger partial charge in [-0.2, -0.15) is 0 Å². The summed E-state index contributed by atoms with van der Waals surface area (Å²) < 4.78 is 7.31. The maximum atomic E-state index is 12.4. The van der Waals surface area contributed by atoms with Crippen LogP contribution < -0.4 is 5.32 Å². The van der Waals surface area contributed by atoms with Crippen LogP contribution in [0.1, 0.15) is 30.4 Å². The SMILES string of the molecule is CC1CN(C(=O)c2cn(C3CNC3)nn2)C(C)CO1. The van der Waals surface area contributed by atoms with Crippen LogP contribution in [0.15, 0.2) is 6.20 Å². The van der Waals surface area contributed by atoms with Crippen LogP contribution in [0.25, 0.3) is 0 Å². The normalized spacial score (nSPS) is 28.2. The molecule has 0 aromatic carbocycles. The second kappa shape index (κ2) is 4.90. The van der Waals surface area contributed by atoms with Crippen LogP contribution in [-0.2, 0) is 4.74 Å². The number of carbonyl (C=O) groups is 1. The zero-order valence-electron chi connectivity index (χ0n) is 11.2. The summed E-state index contributed by atoms with van der Waals surface area (Å²) in [5.41, 5.74) is 0.424. The molecule has 3 heterocycles. The maximum absolute atomic E-state index is 12.4. The molecule has 1 N–H and O–H groups in total. The molecule has 7 heteroatoms. The standard InChI is InChI=1S/C12H19N5O2/c1-8-7-19-9(2)5-16(8)12(18)11-6-17(15-14-11)10-3-13-4-10/h6,8-10,13H,3-5,7H2,1-2H3. The zero-order valence-corrected chi connectivity index (χ0v) is 11.2. The van der Waals surface area contributed by atoms with Crippen molar-refractivity contribution < 1.29 is 9.53 Å². The molecule has 2 saturated heterocycles. The van der Waals surface area contributed by atoms with Gasteiger partial charge in [0.25, 0.3) is 5.91 Å². The number of rotatable bonds is 2. The first-order valence-electron chi connectivity index (χ1n) is 6.70. The fraction of sp³-hybridized carbons (Fsp3) is 0.750. The lowest BCUT2D eigenvalue weighted by atomic mass is 10.2. The first kappa shape index (κ1) is 12.6. The van der Waals surface area contributed by atoms with Gasteiger partial charge in [-0.05, 0) is 13.8 Å². The third-order valence-electron chi connectivity index (χ3n) is 3.73. The number of aromatic nitrogens is 3. The minimum Gasteiger partial charge on any atom is -0.375 e. The van der Waals surface area contributed by atoms with Gasteiger partial charge in [0, 0.05) is 19.6 Å². The molecule has 2 atom stereocenters. The van der Waals surface area contributed by atoms with E-state index in [1.807, 2.05) is 18.7 Å². The van der Waals surface area contributed by atoms with E-state index in [1.54, 1.807) is 10.9 Å². The lowest BCUT2D eigenvalue weighted by molar-refractivity contribution is -0.0389. The van der Waals surface area contributed by atoms with Crippen LogP contribution in [0.3, 0.4) is 0 Å². The van der Waals surface area contributed by atoms with E-state index in [9.17, 15) is 4.79 Å². The minimum absolute atomic E-state index is 0.0545. The van der Waals surface area contributed by atoms with Gasteiger partial charge in [-0.25, -0.2) is 4.68 Å². The second-order valence-corrected chi connectivity index (χ2v) is 5.35. The molecule has 2 unspecified atom stereocenters. The van der Waals surface area contributed by atoms with Crippen LogP contribution in [0.5, 0.6) is 0 Å². The summed E-state index contributed by atoms with van der Waals surface area (Å²) in [5, 5.41) is 11.2. The molecular weight excluding hydrogens is 246 g/mol. The molecule has 19 heavy (non-hydrogen) atoms. The van der Waals surface area contributed by atoms with E-state index >= 15 is 0 Å². The van der Waals surface area contributed by atoms with Crippen LogP contribution >= 0.6 is 0 Å². The topological polar surface area (TPSA) is 72.3 Å². The van der Waals surface area contributed by atoms with Crippen molar-refractivity contribution in [3.63, 3.8) is 0 Å². The van der Waals surface area contributed by atoms with E-state index in [0.717, 1.165) is 13.1 Å². The lowest BCUT2D eigenvalue weighted by Crippen LogP contribution is -2.50. The Morgan fingerprint density at radius 1 is 1.47 bits per heavy atom. The number of nitrogens with one attached hydrogen (secondary N) is 1. The summed E-state index contributed by atoms with van der Waals surface area (Å²) in [5.74, 6) is -0.0545. The van der Waals surface area contributed by atoms with E-state index in [2.05, 4.69) is 15.6 Å². The first-order chi connectivity index (χ1) is 9.15. The largest absolute Gasteiger partial charge is 0.375 e. The molecule has 3 rings (SSSR count). The fourth-order valence-corrected chi connectivity index (χ4v) is 2.35. The molecule has 1 aromatic rings. The molecule has 7 nitrogen and oxygen atoms in total. The fourth-order valence-electron chi connectivity index (χ4n) is 2.35. The Bertz CT molecular complexity index is 470. The van der Waals surface area contributed by atoms with E-state index in [1.165, 1.54) is 0 Å². The first-order valence-corrected chi connectivity index (χ1v) is 6.70. The van der Waals surface area contributed by atoms with Crippen LogP contribution in [-0.4, -0.2) is 64.2 Å². The Labute approximate surface area is 111 Å². The third-order valence-corrected chi connectivity index (χ3v) is 3.73. The van der Waals surface area contributed by atoms with Gasteiger partial charge in [-0.15, -0.1) is 5.10 Å². The average molecular weight is 265 g/mol. The molecule has 0 spiro atoms. The number of hydrogen-bond donors (Lipinski definition) is 1. The van der Waals surface area contributed by atoms with E-state index in [4.69, 9.17) is 4.74 Å². The summed E-state index contributed by atoms with van der Waals surface area (Å²) in [6, 6.07) is 0.411. The average Bonchev–Trinajstić information content (AvgIpc) is 2.78. The van der Waals surface area contributed by atoms with Crippen molar-refractivity contribution in [2.45, 2.75) is 32.0 Å². The lowest BCUT2D eigenvalue weighted by Gasteiger charge is -2.36. The van der Waals surface area contributed by atoms with Gasteiger partial charge in [0.2, 0.25) is 0 Å². The monoisotopic (exact) mass is 265 g/mol. The van der Waals surface area contributed by atoms with Crippen molar-refractivity contribution in [2.75, 3.05) is 26.2 Å². The molecule has 0 radical (unpaired) electrons.